The minimum atomic E-state index is -0.432. The monoisotopic (exact) mass is 323 g/mol. The molecular formula is C20H21NO3. The van der Waals surface area contributed by atoms with E-state index in [1.165, 1.54) is 0 Å². The average Bonchev–Trinajstić information content (AvgIpc) is 2.94. The summed E-state index contributed by atoms with van der Waals surface area (Å²) in [5.74, 6) is -0.242. The van der Waals surface area contributed by atoms with Crippen LogP contribution in [0.15, 0.2) is 42.5 Å². The van der Waals surface area contributed by atoms with Crippen LogP contribution in [0.25, 0.3) is 0 Å². The summed E-state index contributed by atoms with van der Waals surface area (Å²) >= 11 is 0. The maximum Gasteiger partial charge on any atom is 0.316 e. The van der Waals surface area contributed by atoms with Gasteiger partial charge < -0.3 is 9.64 Å². The van der Waals surface area contributed by atoms with Crippen LogP contribution in [0.4, 0.5) is 5.69 Å². The first-order chi connectivity index (χ1) is 11.4. The summed E-state index contributed by atoms with van der Waals surface area (Å²) in [6.07, 6.45) is 0.192. The number of rotatable bonds is 3. The minimum Gasteiger partial charge on any atom is -0.426 e. The molecule has 0 spiro atoms. The number of amides is 1. The van der Waals surface area contributed by atoms with E-state index in [-0.39, 0.29) is 18.3 Å². The summed E-state index contributed by atoms with van der Waals surface area (Å²) in [4.78, 5) is 26.4. The Balaban J connectivity index is 1.72. The molecule has 1 atom stereocenters. The number of carbonyl (C=O) groups excluding carboxylic acids is 2. The van der Waals surface area contributed by atoms with Gasteiger partial charge in [0.05, 0.1) is 5.92 Å². The Kier molecular flexibility index (Phi) is 4.38. The lowest BCUT2D eigenvalue weighted by Crippen LogP contribution is -2.27. The fraction of sp³-hybridized carbons (Fsp3) is 0.300. The molecule has 0 aliphatic carbocycles. The second-order valence-corrected chi connectivity index (χ2v) is 6.43. The molecule has 0 radical (unpaired) electrons. The van der Waals surface area contributed by atoms with Crippen molar-refractivity contribution in [1.82, 2.24) is 0 Å². The Morgan fingerprint density at radius 3 is 2.42 bits per heavy atom. The summed E-state index contributed by atoms with van der Waals surface area (Å²) in [5.41, 5.74) is 3.91. The highest BCUT2D eigenvalue weighted by atomic mass is 16.5. The third-order valence-electron chi connectivity index (χ3n) is 4.36. The van der Waals surface area contributed by atoms with E-state index in [9.17, 15) is 9.59 Å². The van der Waals surface area contributed by atoms with E-state index in [0.717, 1.165) is 22.4 Å². The van der Waals surface area contributed by atoms with Crippen LogP contribution in [0.5, 0.6) is 5.75 Å². The van der Waals surface area contributed by atoms with Crippen LogP contribution in [0, 0.1) is 26.7 Å². The molecule has 1 aliphatic rings. The van der Waals surface area contributed by atoms with Gasteiger partial charge in [-0.05, 0) is 50.1 Å². The zero-order chi connectivity index (χ0) is 17.3. The highest BCUT2D eigenvalue weighted by molar-refractivity contribution is 5.99. The fourth-order valence-corrected chi connectivity index (χ4v) is 2.85. The van der Waals surface area contributed by atoms with Crippen LogP contribution in [-0.4, -0.2) is 18.4 Å². The smallest absolute Gasteiger partial charge is 0.316 e. The van der Waals surface area contributed by atoms with Crippen molar-refractivity contribution in [3.8, 4) is 5.75 Å². The van der Waals surface area contributed by atoms with E-state index >= 15 is 0 Å². The number of ether oxygens (including phenoxy) is 1. The Bertz CT molecular complexity index is 780. The molecule has 1 fully saturated rings. The molecule has 0 unspecified atom stereocenters. The van der Waals surface area contributed by atoms with E-state index in [2.05, 4.69) is 0 Å². The Hall–Kier alpha value is -2.62. The van der Waals surface area contributed by atoms with E-state index in [1.54, 1.807) is 4.90 Å². The molecule has 0 N–H and O–H groups in total. The number of carbonyl (C=O) groups is 2. The molecule has 0 aromatic heterocycles. The van der Waals surface area contributed by atoms with Gasteiger partial charge in [-0.25, -0.2) is 0 Å². The largest absolute Gasteiger partial charge is 0.426 e. The fourth-order valence-electron chi connectivity index (χ4n) is 2.85. The maximum atomic E-state index is 12.5. The SMILES string of the molecule is Cc1ccc(N2C[C@@H](C(=O)Oc3cc(C)ccc3C)CC2=O)cc1. The van der Waals surface area contributed by atoms with Gasteiger partial charge in [-0.3, -0.25) is 9.59 Å². The average molecular weight is 323 g/mol. The van der Waals surface area contributed by atoms with Crippen LogP contribution in [0.1, 0.15) is 23.1 Å². The summed E-state index contributed by atoms with van der Waals surface area (Å²) < 4.78 is 5.54. The molecule has 2 aromatic carbocycles. The predicted molar refractivity (Wildman–Crippen MR) is 93.2 cm³/mol. The van der Waals surface area contributed by atoms with Crippen LogP contribution in [0.2, 0.25) is 0 Å². The number of nitrogens with zero attached hydrogens (tertiary/aromatic N) is 1. The number of hydrogen-bond acceptors (Lipinski definition) is 3. The Morgan fingerprint density at radius 2 is 1.71 bits per heavy atom. The lowest BCUT2D eigenvalue weighted by Gasteiger charge is -2.17. The molecule has 124 valence electrons. The predicted octanol–water partition coefficient (Wildman–Crippen LogP) is 3.57. The highest BCUT2D eigenvalue weighted by Gasteiger charge is 2.36. The van der Waals surface area contributed by atoms with Crippen LogP contribution >= 0.6 is 0 Å². The Labute approximate surface area is 142 Å². The summed E-state index contributed by atoms with van der Waals surface area (Å²) in [7, 11) is 0. The van der Waals surface area contributed by atoms with Gasteiger partial charge in [0.25, 0.3) is 0 Å². The number of hydrogen-bond donors (Lipinski definition) is 0. The molecule has 1 amide bonds. The summed E-state index contributed by atoms with van der Waals surface area (Å²) in [6.45, 7) is 6.22. The molecule has 1 heterocycles. The van der Waals surface area contributed by atoms with Gasteiger partial charge in [0.2, 0.25) is 5.91 Å². The first-order valence-electron chi connectivity index (χ1n) is 8.10. The standard InChI is InChI=1S/C20H21NO3/c1-13-5-8-17(9-6-13)21-12-16(11-19(21)22)20(23)24-18-10-14(2)4-7-15(18)3/h4-10,16H,11-12H2,1-3H3/t16-/m0/s1. The Morgan fingerprint density at radius 1 is 1.04 bits per heavy atom. The van der Waals surface area contributed by atoms with Gasteiger partial charge in [-0.2, -0.15) is 0 Å². The molecule has 1 saturated heterocycles. The second kappa shape index (κ2) is 6.48. The number of esters is 1. The van der Waals surface area contributed by atoms with Gasteiger partial charge in [0.1, 0.15) is 5.75 Å². The van der Waals surface area contributed by atoms with Gasteiger partial charge in [0.15, 0.2) is 0 Å². The first kappa shape index (κ1) is 16.2. The third-order valence-corrected chi connectivity index (χ3v) is 4.36. The van der Waals surface area contributed by atoms with E-state index in [4.69, 9.17) is 4.74 Å². The quantitative estimate of drug-likeness (QED) is 0.641. The number of anilines is 1. The van der Waals surface area contributed by atoms with Gasteiger partial charge in [-0.1, -0.05) is 29.8 Å². The van der Waals surface area contributed by atoms with Crippen molar-refractivity contribution in [2.24, 2.45) is 5.92 Å². The van der Waals surface area contributed by atoms with Gasteiger partial charge in [0, 0.05) is 18.7 Å². The van der Waals surface area contributed by atoms with Gasteiger partial charge >= 0.3 is 5.97 Å². The number of aryl methyl sites for hydroxylation is 3. The third kappa shape index (κ3) is 3.32. The number of benzene rings is 2. The van der Waals surface area contributed by atoms with Crippen molar-refractivity contribution < 1.29 is 14.3 Å². The molecule has 4 nitrogen and oxygen atoms in total. The topological polar surface area (TPSA) is 46.6 Å². The molecule has 0 saturated carbocycles. The van der Waals surface area contributed by atoms with Crippen LogP contribution in [-0.2, 0) is 9.59 Å². The minimum absolute atomic E-state index is 0.0400. The summed E-state index contributed by atoms with van der Waals surface area (Å²) in [5, 5.41) is 0. The van der Waals surface area contributed by atoms with Crippen molar-refractivity contribution in [3.63, 3.8) is 0 Å². The molecule has 3 rings (SSSR count). The van der Waals surface area contributed by atoms with Gasteiger partial charge in [-0.15, -0.1) is 0 Å². The first-order valence-corrected chi connectivity index (χ1v) is 8.10. The normalized spacial score (nSPS) is 17.2. The van der Waals surface area contributed by atoms with Crippen LogP contribution in [0.3, 0.4) is 0 Å². The van der Waals surface area contributed by atoms with Crippen molar-refractivity contribution in [3.05, 3.63) is 59.2 Å². The lowest BCUT2D eigenvalue weighted by molar-refractivity contribution is -0.139. The molecule has 0 bridgehead atoms. The zero-order valence-corrected chi connectivity index (χ0v) is 14.2. The van der Waals surface area contributed by atoms with Crippen molar-refractivity contribution >= 4 is 17.6 Å². The zero-order valence-electron chi connectivity index (χ0n) is 14.2. The summed E-state index contributed by atoms with van der Waals surface area (Å²) in [6, 6.07) is 13.5. The van der Waals surface area contributed by atoms with E-state index in [0.29, 0.717) is 12.3 Å². The van der Waals surface area contributed by atoms with Crippen LogP contribution < -0.4 is 9.64 Å². The molecular weight excluding hydrogens is 302 g/mol. The molecule has 4 heteroatoms. The van der Waals surface area contributed by atoms with E-state index < -0.39 is 5.92 Å². The highest BCUT2D eigenvalue weighted by Crippen LogP contribution is 2.27. The van der Waals surface area contributed by atoms with Crippen molar-refractivity contribution in [2.45, 2.75) is 27.2 Å². The van der Waals surface area contributed by atoms with Crippen molar-refractivity contribution in [2.75, 3.05) is 11.4 Å². The molecule has 2 aromatic rings. The molecule has 1 aliphatic heterocycles. The van der Waals surface area contributed by atoms with Crippen molar-refractivity contribution in [1.29, 1.82) is 0 Å². The van der Waals surface area contributed by atoms with E-state index in [1.807, 2.05) is 63.2 Å². The molecule has 24 heavy (non-hydrogen) atoms. The lowest BCUT2D eigenvalue weighted by atomic mass is 10.1. The maximum absolute atomic E-state index is 12.5. The second-order valence-electron chi connectivity index (χ2n) is 6.43.